The van der Waals surface area contributed by atoms with Crippen LogP contribution in [0.2, 0.25) is 0 Å². The van der Waals surface area contributed by atoms with Gasteiger partial charge in [0, 0.05) is 80.8 Å². The number of unbranched alkanes of at least 4 members (excludes halogenated alkanes) is 2. The summed E-state index contributed by atoms with van der Waals surface area (Å²) in [5, 5.41) is 38.2. The van der Waals surface area contributed by atoms with Crippen LogP contribution >= 0.6 is 0 Å². The maximum absolute atomic E-state index is 13.5. The van der Waals surface area contributed by atoms with E-state index >= 15 is 0 Å². The van der Waals surface area contributed by atoms with E-state index in [1.165, 1.54) is 37.7 Å². The average molecular weight is 1420 g/mol. The van der Waals surface area contributed by atoms with E-state index in [1.54, 1.807) is 43.5 Å². The van der Waals surface area contributed by atoms with Gasteiger partial charge >= 0.3 is 29.9 Å². The maximum atomic E-state index is 13.5. The van der Waals surface area contributed by atoms with E-state index in [1.807, 2.05) is 11.8 Å². The normalized spacial score (nSPS) is 14.0. The Kier molecular flexibility index (Phi) is 44.6. The van der Waals surface area contributed by atoms with Gasteiger partial charge in [0.15, 0.2) is 0 Å². The molecule has 2 aromatic rings. The van der Waals surface area contributed by atoms with Gasteiger partial charge in [0.05, 0.1) is 19.6 Å². The molecule has 4 rings (SSSR count). The zero-order valence-corrected chi connectivity index (χ0v) is 56.0. The summed E-state index contributed by atoms with van der Waals surface area (Å²) in [6.45, 7) is 20.2. The largest absolute Gasteiger partial charge is 0.542 e. The summed E-state index contributed by atoms with van der Waals surface area (Å²) in [7, 11) is -3.96. The topological polar surface area (TPSA) is 281 Å². The van der Waals surface area contributed by atoms with Crippen LogP contribution in [-0.2, 0) is 52.2 Å². The molecule has 24 heteroatoms. The van der Waals surface area contributed by atoms with E-state index in [9.17, 15) is 46.1 Å². The number of aliphatic carboxylic acids is 2. The SMILES string of the molecule is CCCCC(=O)O.CCCN(CCC(C)CC)CC(=O)O.CCCN(CCC)CC(=O)NCCCCC(NC(=O)CCc1cccc(OS(=O)(=O)F)c1)C(=O)NCc1ccc(C(=O)NCC(=C2CCC2)N2CCCC2[B]O)cc1.CC[C-]=O.[U]. The number of hydrogen-bond acceptors (Lipinski definition) is 14. The molecule has 1 aliphatic heterocycles. The second-order valence-electron chi connectivity index (χ2n) is 20.9. The van der Waals surface area contributed by atoms with Crippen molar-refractivity contribution in [2.24, 2.45) is 5.92 Å². The van der Waals surface area contributed by atoms with E-state index in [4.69, 9.17) is 15.0 Å². The Morgan fingerprint density at radius 1 is 0.786 bits per heavy atom. The van der Waals surface area contributed by atoms with Gasteiger partial charge in [0.2, 0.25) is 17.7 Å². The van der Waals surface area contributed by atoms with Crippen molar-refractivity contribution < 1.29 is 96.4 Å². The predicted octanol–water partition coefficient (Wildman–Crippen LogP) is 7.61. The number of likely N-dealkylation sites (tertiary alicyclic amines) is 1. The number of aryl methyl sites for hydroxylation is 1. The number of carboxylic acid groups (broad SMARTS) is 2. The quantitative estimate of drug-likeness (QED) is 0.0148. The number of carbonyl (C=O) groups excluding carboxylic acids is 5. The molecule has 1 saturated carbocycles. The molecule has 2 fully saturated rings. The van der Waals surface area contributed by atoms with Crippen molar-refractivity contribution in [3.63, 3.8) is 0 Å². The zero-order valence-electron chi connectivity index (χ0n) is 51.0. The molecule has 0 aromatic heterocycles. The number of rotatable bonds is 37. The number of carboxylic acids is 2. The van der Waals surface area contributed by atoms with Gasteiger partial charge < -0.3 is 50.4 Å². The molecule has 0 bridgehead atoms. The first-order chi connectivity index (χ1) is 39.7. The number of amides is 4. The van der Waals surface area contributed by atoms with Crippen molar-refractivity contribution in [3.05, 3.63) is 76.5 Å². The van der Waals surface area contributed by atoms with Crippen LogP contribution in [0.5, 0.6) is 5.75 Å². The van der Waals surface area contributed by atoms with E-state index < -0.39 is 40.3 Å². The van der Waals surface area contributed by atoms with Crippen LogP contribution in [0.15, 0.2) is 59.8 Å². The third-order valence-electron chi connectivity index (χ3n) is 13.8. The second kappa shape index (κ2) is 47.3. The Labute approximate surface area is 525 Å². The molecule has 4 amide bonds. The van der Waals surface area contributed by atoms with Crippen LogP contribution in [-0.4, -0.2) is 159 Å². The van der Waals surface area contributed by atoms with Gasteiger partial charge in [-0.05, 0) is 163 Å². The number of halogens is 1. The Balaban J connectivity index is 0.00000220. The fraction of sp³-hybridized carbons (Fsp3) is 0.650. The molecule has 3 unspecified atom stereocenters. The summed E-state index contributed by atoms with van der Waals surface area (Å²) in [5.41, 5.74) is 4.19. The zero-order chi connectivity index (χ0) is 62.0. The molecule has 20 nitrogen and oxygen atoms in total. The van der Waals surface area contributed by atoms with Gasteiger partial charge in [-0.1, -0.05) is 89.5 Å². The molecular formula is C60H97BFN7O13SU-. The summed E-state index contributed by atoms with van der Waals surface area (Å²) in [4.78, 5) is 87.9. The average Bonchev–Trinajstić information content (AvgIpc) is 4.01. The van der Waals surface area contributed by atoms with Crippen LogP contribution in [0.4, 0.5) is 3.89 Å². The molecule has 1 heterocycles. The molecule has 0 spiro atoms. The number of hydrogen-bond donors (Lipinski definition) is 7. The maximum Gasteiger partial charge on any atom is 0.488 e. The fourth-order valence-electron chi connectivity index (χ4n) is 8.94. The van der Waals surface area contributed by atoms with E-state index in [0.717, 1.165) is 115 Å². The summed E-state index contributed by atoms with van der Waals surface area (Å²) in [6, 6.07) is 11.8. The van der Waals surface area contributed by atoms with Crippen molar-refractivity contribution in [3.8, 4) is 5.75 Å². The molecule has 3 atom stereocenters. The van der Waals surface area contributed by atoms with Crippen LogP contribution in [0.1, 0.15) is 186 Å². The Morgan fingerprint density at radius 3 is 1.95 bits per heavy atom. The summed E-state index contributed by atoms with van der Waals surface area (Å²) in [6.07, 6.45) is 16.1. The first-order valence-corrected chi connectivity index (χ1v) is 31.1. The van der Waals surface area contributed by atoms with Crippen molar-refractivity contribution in [2.75, 3.05) is 58.9 Å². The van der Waals surface area contributed by atoms with Crippen molar-refractivity contribution in [1.82, 2.24) is 36.0 Å². The number of carbonyl (C=O) groups is 6. The first-order valence-electron chi connectivity index (χ1n) is 29.8. The van der Waals surface area contributed by atoms with Gasteiger partial charge in [-0.3, -0.25) is 44.9 Å². The van der Waals surface area contributed by atoms with Gasteiger partial charge in [-0.15, -0.1) is 0 Å². The summed E-state index contributed by atoms with van der Waals surface area (Å²) < 4.78 is 39.1. The van der Waals surface area contributed by atoms with Gasteiger partial charge in [0.1, 0.15) is 11.8 Å². The van der Waals surface area contributed by atoms with Crippen molar-refractivity contribution >= 4 is 59.8 Å². The van der Waals surface area contributed by atoms with E-state index in [2.05, 4.69) is 69.9 Å². The minimum Gasteiger partial charge on any atom is -0.542 e. The second-order valence-corrected chi connectivity index (χ2v) is 21.8. The van der Waals surface area contributed by atoms with Crippen LogP contribution < -0.4 is 25.5 Å². The Morgan fingerprint density at radius 2 is 1.43 bits per heavy atom. The number of nitrogens with one attached hydrogen (secondary N) is 4. The molecule has 1 radical (unpaired) electrons. The molecule has 2 aromatic carbocycles. The Bertz CT molecular complexity index is 2360. The fourth-order valence-corrected chi connectivity index (χ4v) is 9.28. The third kappa shape index (κ3) is 36.9. The minimum atomic E-state index is -5.20. The van der Waals surface area contributed by atoms with Gasteiger partial charge in [-0.2, -0.15) is 14.8 Å². The molecule has 7 N–H and O–H groups in total. The number of allylic oxidation sites excluding steroid dienone is 1. The van der Waals surface area contributed by atoms with Crippen molar-refractivity contribution in [2.45, 2.75) is 189 Å². The number of nitrogens with zero attached hydrogens (tertiary/aromatic N) is 3. The molecule has 84 heavy (non-hydrogen) atoms. The van der Waals surface area contributed by atoms with Crippen molar-refractivity contribution in [1.29, 1.82) is 0 Å². The van der Waals surface area contributed by atoms with Gasteiger partial charge in [0.25, 0.3) is 5.91 Å². The molecule has 471 valence electrons. The predicted molar refractivity (Wildman–Crippen MR) is 322 cm³/mol. The number of benzene rings is 2. The monoisotopic (exact) mass is 1420 g/mol. The summed E-state index contributed by atoms with van der Waals surface area (Å²) in [5.74, 6) is -2.05. The first kappa shape index (κ1) is 79.1. The minimum absolute atomic E-state index is 0. The van der Waals surface area contributed by atoms with Crippen LogP contribution in [0.3, 0.4) is 0 Å². The van der Waals surface area contributed by atoms with E-state index in [-0.39, 0.29) is 80.5 Å². The standard InChI is InChI=1S/C41H59BFN6O8S.C11H23NO2.C5H10O2.C3H5O.U/c1-3-23-48(24-4-2)29-39(51)44-22-6-5-14-35(47-38(50)21-18-30-10-7-13-34(26-30)57-58(43,55)56)41(53)45-27-31-16-19-33(20-17-31)40(52)46-28-36(32-11-8-12-32)49-25-9-15-37(49)42-54;1-4-7-12(9-11(13)14)8-6-10(3)5-2;1-2-3-4-5(6)7;1-2-3-4;/h7,10,13,16-17,19-20,26,35,37,54H,3-6,8-9,11-12,14-15,18,21-25,27-29H2,1-2H3,(H,44,51)(H,45,53)(H,46,52)(H,47,50);10H,4-9H2,1-3H3,(H,13,14);2-4H2,1H3,(H,6,7);2H2,1H3;/q;;;-1;. The molecule has 1 saturated heterocycles. The summed E-state index contributed by atoms with van der Waals surface area (Å²) >= 11 is 0. The smallest absolute Gasteiger partial charge is 0.488 e. The third-order valence-corrected chi connectivity index (χ3v) is 14.2. The van der Waals surface area contributed by atoms with Gasteiger partial charge in [-0.25, -0.2) is 0 Å². The van der Waals surface area contributed by atoms with Crippen LogP contribution in [0, 0.1) is 37.0 Å². The molecule has 1 aliphatic carbocycles. The molecule has 2 aliphatic rings. The van der Waals surface area contributed by atoms with Crippen LogP contribution in [0.25, 0.3) is 0 Å². The molecular weight excluding hydrogens is 1330 g/mol. The van der Waals surface area contributed by atoms with E-state index in [0.29, 0.717) is 68.8 Å². The Hall–Kier alpha value is -4.85.